The van der Waals surface area contributed by atoms with Crippen molar-refractivity contribution in [2.24, 2.45) is 0 Å². The van der Waals surface area contributed by atoms with Crippen LogP contribution in [0.3, 0.4) is 0 Å². The van der Waals surface area contributed by atoms with Crippen molar-refractivity contribution >= 4 is 0 Å². The second kappa shape index (κ2) is 6.62. The van der Waals surface area contributed by atoms with E-state index < -0.39 is 6.36 Å². The summed E-state index contributed by atoms with van der Waals surface area (Å²) in [6.07, 6.45) is -4.72. The Morgan fingerprint density at radius 1 is 1.17 bits per heavy atom. The van der Waals surface area contributed by atoms with Crippen molar-refractivity contribution in [1.29, 1.82) is 0 Å². The zero-order valence-electron chi connectivity index (χ0n) is 13.0. The Balaban J connectivity index is 2.31. The van der Waals surface area contributed by atoms with E-state index in [1.165, 1.54) is 24.3 Å². The summed E-state index contributed by atoms with van der Waals surface area (Å²) in [4.78, 5) is 4.41. The molecular weight excluding hydrogens is 311 g/mol. The second-order valence-corrected chi connectivity index (χ2v) is 5.58. The van der Waals surface area contributed by atoms with Crippen LogP contribution in [0.5, 0.6) is 5.75 Å². The lowest BCUT2D eigenvalue weighted by molar-refractivity contribution is -0.274. The van der Waals surface area contributed by atoms with Gasteiger partial charge in [0.2, 0.25) is 5.89 Å². The van der Waals surface area contributed by atoms with Crippen LogP contribution in [0, 0.1) is 0 Å². The van der Waals surface area contributed by atoms with E-state index in [-0.39, 0.29) is 24.2 Å². The number of rotatable bonds is 5. The molecule has 1 unspecified atom stereocenters. The Labute approximate surface area is 131 Å². The van der Waals surface area contributed by atoms with Gasteiger partial charge < -0.3 is 14.3 Å². The van der Waals surface area contributed by atoms with E-state index in [2.05, 4.69) is 9.72 Å². The van der Waals surface area contributed by atoms with Crippen LogP contribution in [0.25, 0.3) is 11.5 Å². The van der Waals surface area contributed by atoms with Gasteiger partial charge in [0.1, 0.15) is 11.5 Å². The molecule has 1 atom stereocenters. The predicted octanol–water partition coefficient (Wildman–Crippen LogP) is 4.46. The van der Waals surface area contributed by atoms with Crippen molar-refractivity contribution in [3.8, 4) is 17.2 Å². The summed E-state index contributed by atoms with van der Waals surface area (Å²) in [6.45, 7) is 5.65. The fourth-order valence-corrected chi connectivity index (χ4v) is 2.12. The molecule has 0 aliphatic heterocycles. The van der Waals surface area contributed by atoms with Gasteiger partial charge in [-0.25, -0.2) is 4.98 Å². The lowest BCUT2D eigenvalue weighted by atomic mass is 10.0. The molecule has 0 aliphatic carbocycles. The fourth-order valence-electron chi connectivity index (χ4n) is 2.12. The van der Waals surface area contributed by atoms with Crippen LogP contribution >= 0.6 is 0 Å². The molecule has 2 aromatic rings. The van der Waals surface area contributed by atoms with Crippen molar-refractivity contribution in [3.05, 3.63) is 35.7 Å². The van der Waals surface area contributed by atoms with E-state index in [0.29, 0.717) is 17.2 Å². The maximum atomic E-state index is 12.2. The zero-order valence-corrected chi connectivity index (χ0v) is 13.0. The number of aromatic nitrogens is 1. The van der Waals surface area contributed by atoms with Gasteiger partial charge in [0.05, 0.1) is 12.3 Å². The van der Waals surface area contributed by atoms with E-state index in [9.17, 15) is 18.3 Å². The van der Waals surface area contributed by atoms with Crippen molar-refractivity contribution in [2.75, 3.05) is 6.61 Å². The van der Waals surface area contributed by atoms with Crippen LogP contribution in [-0.4, -0.2) is 23.1 Å². The lowest BCUT2D eigenvalue weighted by Crippen LogP contribution is -2.16. The molecular formula is C16H18F3NO3. The molecule has 0 saturated heterocycles. The van der Waals surface area contributed by atoms with Gasteiger partial charge in [-0.15, -0.1) is 13.2 Å². The molecule has 7 heteroatoms. The first-order chi connectivity index (χ1) is 10.7. The Morgan fingerprint density at radius 2 is 1.78 bits per heavy atom. The first kappa shape index (κ1) is 17.3. The summed E-state index contributed by atoms with van der Waals surface area (Å²) in [5.41, 5.74) is 1.27. The third-order valence-corrected chi connectivity index (χ3v) is 3.28. The Bertz CT molecular complexity index is 648. The highest BCUT2D eigenvalue weighted by Crippen LogP contribution is 2.32. The normalized spacial score (nSPS) is 13.4. The maximum absolute atomic E-state index is 12.2. The average molecular weight is 329 g/mol. The third kappa shape index (κ3) is 4.25. The summed E-state index contributed by atoms with van der Waals surface area (Å²) in [6, 6.07) is 5.31. The first-order valence-corrected chi connectivity index (χ1v) is 7.19. The molecule has 23 heavy (non-hydrogen) atoms. The number of hydrogen-bond donors (Lipinski definition) is 1. The summed E-state index contributed by atoms with van der Waals surface area (Å²) in [7, 11) is 0. The fraction of sp³-hybridized carbons (Fsp3) is 0.438. The highest BCUT2D eigenvalue weighted by atomic mass is 19.4. The average Bonchev–Trinajstić information content (AvgIpc) is 2.91. The molecule has 0 saturated carbocycles. The quantitative estimate of drug-likeness (QED) is 0.880. The number of nitrogens with zero attached hydrogens (tertiary/aromatic N) is 1. The van der Waals surface area contributed by atoms with Crippen molar-refractivity contribution in [2.45, 2.75) is 39.0 Å². The van der Waals surface area contributed by atoms with Gasteiger partial charge in [-0.1, -0.05) is 20.8 Å². The van der Waals surface area contributed by atoms with E-state index in [1.807, 2.05) is 20.8 Å². The SMILES string of the molecule is CC(C)c1nc(-c2ccc(OC(F)(F)F)cc2)oc1C(C)CO. The predicted molar refractivity (Wildman–Crippen MR) is 78.2 cm³/mol. The van der Waals surface area contributed by atoms with Crippen LogP contribution in [0.1, 0.15) is 44.1 Å². The number of hydrogen-bond acceptors (Lipinski definition) is 4. The van der Waals surface area contributed by atoms with Gasteiger partial charge >= 0.3 is 6.36 Å². The molecule has 0 aliphatic rings. The van der Waals surface area contributed by atoms with Crippen LogP contribution in [0.15, 0.2) is 28.7 Å². The molecule has 0 fully saturated rings. The number of ether oxygens (including phenoxy) is 1. The number of benzene rings is 1. The Kier molecular flexibility index (Phi) is 4.99. The van der Waals surface area contributed by atoms with Crippen molar-refractivity contribution in [3.63, 3.8) is 0 Å². The summed E-state index contributed by atoms with van der Waals surface area (Å²) < 4.78 is 46.0. The maximum Gasteiger partial charge on any atom is 0.573 e. The summed E-state index contributed by atoms with van der Waals surface area (Å²) in [5, 5.41) is 9.31. The molecule has 1 heterocycles. The minimum Gasteiger partial charge on any atom is -0.441 e. The minimum atomic E-state index is -4.72. The standard InChI is InChI=1S/C16H18F3NO3/c1-9(2)13-14(10(3)8-21)22-15(20-13)11-4-6-12(7-5-11)23-16(17,18)19/h4-7,9-10,21H,8H2,1-3H3. The lowest BCUT2D eigenvalue weighted by Gasteiger charge is -2.08. The largest absolute Gasteiger partial charge is 0.573 e. The number of halogens is 3. The van der Waals surface area contributed by atoms with Gasteiger partial charge in [0.25, 0.3) is 0 Å². The molecule has 0 spiro atoms. The van der Waals surface area contributed by atoms with E-state index in [4.69, 9.17) is 4.42 Å². The van der Waals surface area contributed by atoms with Gasteiger partial charge in [-0.2, -0.15) is 0 Å². The topological polar surface area (TPSA) is 55.5 Å². The molecule has 1 N–H and O–H groups in total. The molecule has 126 valence electrons. The summed E-state index contributed by atoms with van der Waals surface area (Å²) >= 11 is 0. The Morgan fingerprint density at radius 3 is 2.26 bits per heavy atom. The van der Waals surface area contributed by atoms with E-state index in [0.717, 1.165) is 5.69 Å². The number of aliphatic hydroxyl groups is 1. The Hall–Kier alpha value is -2.02. The summed E-state index contributed by atoms with van der Waals surface area (Å²) in [5.74, 6) is 0.488. The van der Waals surface area contributed by atoms with Crippen LogP contribution < -0.4 is 4.74 Å². The van der Waals surface area contributed by atoms with Gasteiger partial charge in [-0.3, -0.25) is 0 Å². The van der Waals surface area contributed by atoms with Gasteiger partial charge in [0, 0.05) is 11.5 Å². The van der Waals surface area contributed by atoms with Crippen LogP contribution in [0.2, 0.25) is 0 Å². The third-order valence-electron chi connectivity index (χ3n) is 3.28. The molecule has 2 rings (SSSR count). The zero-order chi connectivity index (χ0) is 17.2. The van der Waals surface area contributed by atoms with Crippen LogP contribution in [-0.2, 0) is 0 Å². The second-order valence-electron chi connectivity index (χ2n) is 5.58. The number of alkyl halides is 3. The monoisotopic (exact) mass is 329 g/mol. The molecule has 0 bridgehead atoms. The highest BCUT2D eigenvalue weighted by Gasteiger charge is 2.31. The first-order valence-electron chi connectivity index (χ1n) is 7.19. The highest BCUT2D eigenvalue weighted by molar-refractivity contribution is 5.55. The minimum absolute atomic E-state index is 0.0767. The van der Waals surface area contributed by atoms with Gasteiger partial charge in [0.15, 0.2) is 0 Å². The molecule has 0 radical (unpaired) electrons. The van der Waals surface area contributed by atoms with E-state index in [1.54, 1.807) is 0 Å². The van der Waals surface area contributed by atoms with E-state index >= 15 is 0 Å². The number of aliphatic hydroxyl groups excluding tert-OH is 1. The number of oxazole rings is 1. The van der Waals surface area contributed by atoms with Gasteiger partial charge in [-0.05, 0) is 30.2 Å². The molecule has 4 nitrogen and oxygen atoms in total. The molecule has 0 amide bonds. The molecule has 1 aromatic heterocycles. The van der Waals surface area contributed by atoms with Crippen molar-refractivity contribution in [1.82, 2.24) is 4.98 Å². The molecule has 1 aromatic carbocycles. The van der Waals surface area contributed by atoms with Crippen LogP contribution in [0.4, 0.5) is 13.2 Å². The smallest absolute Gasteiger partial charge is 0.441 e. The van der Waals surface area contributed by atoms with Crippen molar-refractivity contribution < 1.29 is 27.4 Å².